The summed E-state index contributed by atoms with van der Waals surface area (Å²) in [6.07, 6.45) is 0. The van der Waals surface area contributed by atoms with E-state index >= 15 is 0 Å². The van der Waals surface area contributed by atoms with E-state index in [-0.39, 0.29) is 0 Å². The highest BCUT2D eigenvalue weighted by molar-refractivity contribution is 6.15. The van der Waals surface area contributed by atoms with Gasteiger partial charge in [-0.3, -0.25) is 0 Å². The van der Waals surface area contributed by atoms with Gasteiger partial charge in [0.1, 0.15) is 11.2 Å². The first-order valence-electron chi connectivity index (χ1n) is 20.2. The van der Waals surface area contributed by atoms with Crippen LogP contribution < -0.4 is 4.90 Å². The highest BCUT2D eigenvalue weighted by atomic mass is 16.3. The molecule has 0 spiro atoms. The lowest BCUT2D eigenvalue weighted by atomic mass is 9.93. The summed E-state index contributed by atoms with van der Waals surface area (Å²) in [7, 11) is 0. The van der Waals surface area contributed by atoms with Crippen molar-refractivity contribution in [2.75, 3.05) is 4.90 Å². The van der Waals surface area contributed by atoms with Crippen molar-refractivity contribution in [2.45, 2.75) is 0 Å². The molecule has 0 unspecified atom stereocenters. The minimum absolute atomic E-state index is 0.864. The molecular weight excluding hydrogens is 717 g/mol. The Bertz CT molecular complexity index is 3500. The summed E-state index contributed by atoms with van der Waals surface area (Å²) in [6, 6.07) is 78.6. The summed E-state index contributed by atoms with van der Waals surface area (Å²) in [5.41, 5.74) is 12.9. The first kappa shape index (κ1) is 33.3. The Kier molecular flexibility index (Phi) is 7.54. The fourth-order valence-corrected chi connectivity index (χ4v) is 9.33. The third kappa shape index (κ3) is 5.29. The fraction of sp³-hybridized carbons (Fsp3) is 0. The number of aromatic nitrogens is 1. The zero-order chi connectivity index (χ0) is 38.9. The summed E-state index contributed by atoms with van der Waals surface area (Å²) >= 11 is 0. The normalized spacial score (nSPS) is 11.7. The third-order valence-electron chi connectivity index (χ3n) is 12.0. The van der Waals surface area contributed by atoms with Gasteiger partial charge >= 0.3 is 0 Å². The first-order chi connectivity index (χ1) is 29.3. The number of fused-ring (bicyclic) bond motifs is 9. The molecule has 0 aliphatic rings. The van der Waals surface area contributed by atoms with E-state index in [4.69, 9.17) is 4.42 Å². The molecule has 10 aromatic carbocycles. The molecule has 0 saturated heterocycles. The molecule has 2 aromatic heterocycles. The second-order valence-electron chi connectivity index (χ2n) is 15.3. The van der Waals surface area contributed by atoms with Gasteiger partial charge in [0, 0.05) is 44.2 Å². The lowest BCUT2D eigenvalue weighted by molar-refractivity contribution is 0.670. The zero-order valence-electron chi connectivity index (χ0n) is 32.1. The van der Waals surface area contributed by atoms with Crippen LogP contribution in [0.3, 0.4) is 0 Å². The van der Waals surface area contributed by atoms with Gasteiger partial charge in [0.15, 0.2) is 0 Å². The molecule has 0 saturated carbocycles. The van der Waals surface area contributed by atoms with Crippen molar-refractivity contribution in [3.05, 3.63) is 218 Å². The van der Waals surface area contributed by atoms with Crippen LogP contribution in [0.25, 0.3) is 93.2 Å². The molecule has 12 rings (SSSR count). The zero-order valence-corrected chi connectivity index (χ0v) is 32.1. The van der Waals surface area contributed by atoms with Crippen molar-refractivity contribution in [1.29, 1.82) is 0 Å². The van der Waals surface area contributed by atoms with Gasteiger partial charge < -0.3 is 13.9 Å². The molecule has 2 heterocycles. The summed E-state index contributed by atoms with van der Waals surface area (Å²) < 4.78 is 9.28. The van der Waals surface area contributed by atoms with Crippen LogP contribution in [-0.4, -0.2) is 4.57 Å². The largest absolute Gasteiger partial charge is 0.455 e. The minimum Gasteiger partial charge on any atom is -0.455 e. The van der Waals surface area contributed by atoms with Crippen LogP contribution in [0, 0.1) is 0 Å². The van der Waals surface area contributed by atoms with E-state index in [1.165, 1.54) is 54.5 Å². The van der Waals surface area contributed by atoms with Crippen molar-refractivity contribution in [2.24, 2.45) is 0 Å². The Morgan fingerprint density at radius 3 is 1.75 bits per heavy atom. The molecule has 0 aliphatic heterocycles. The Balaban J connectivity index is 1.08. The number of anilines is 3. The van der Waals surface area contributed by atoms with Gasteiger partial charge in [-0.15, -0.1) is 0 Å². The molecule has 0 radical (unpaired) electrons. The van der Waals surface area contributed by atoms with Crippen LogP contribution in [0.4, 0.5) is 17.1 Å². The average Bonchev–Trinajstić information content (AvgIpc) is 3.85. The highest BCUT2D eigenvalue weighted by Crippen LogP contribution is 2.47. The number of para-hydroxylation sites is 4. The molecule has 59 heavy (non-hydrogen) atoms. The number of benzene rings is 10. The predicted molar refractivity (Wildman–Crippen MR) is 249 cm³/mol. The van der Waals surface area contributed by atoms with Gasteiger partial charge in [-0.05, 0) is 111 Å². The summed E-state index contributed by atoms with van der Waals surface area (Å²) in [5.74, 6) is 0. The highest BCUT2D eigenvalue weighted by Gasteiger charge is 2.24. The van der Waals surface area contributed by atoms with E-state index in [1.807, 2.05) is 6.07 Å². The van der Waals surface area contributed by atoms with E-state index in [9.17, 15) is 0 Å². The van der Waals surface area contributed by atoms with E-state index in [2.05, 4.69) is 222 Å². The maximum absolute atomic E-state index is 6.89. The molecular formula is C56H36N2O. The van der Waals surface area contributed by atoms with Gasteiger partial charge in [-0.1, -0.05) is 146 Å². The third-order valence-corrected chi connectivity index (χ3v) is 12.0. The Morgan fingerprint density at radius 2 is 0.983 bits per heavy atom. The number of furan rings is 1. The summed E-state index contributed by atoms with van der Waals surface area (Å²) in [4.78, 5) is 2.37. The van der Waals surface area contributed by atoms with Crippen LogP contribution in [-0.2, 0) is 0 Å². The second-order valence-corrected chi connectivity index (χ2v) is 15.3. The minimum atomic E-state index is 0.864. The monoisotopic (exact) mass is 752 g/mol. The number of rotatable bonds is 6. The number of hydrogen-bond acceptors (Lipinski definition) is 2. The second kappa shape index (κ2) is 13.4. The predicted octanol–water partition coefficient (Wildman–Crippen LogP) is 15.8. The standard InChI is InChI=1S/C56H36N2O/c1-2-17-40(18-3-1)57(41-31-29-37(30-32-41)50-36-38-15-4-5-20-43(38)44-21-6-7-22-45(44)50)53-34-33-49-48-25-10-13-28-54(48)59-56(49)55(53)39-16-14-19-42(35-39)58-51-26-11-8-23-46(51)47-24-9-12-27-52(47)58/h1-36H. The Labute approximate surface area is 341 Å². The maximum Gasteiger partial charge on any atom is 0.145 e. The van der Waals surface area contributed by atoms with Gasteiger partial charge in [0.2, 0.25) is 0 Å². The first-order valence-corrected chi connectivity index (χ1v) is 20.2. The average molecular weight is 753 g/mol. The summed E-state index contributed by atoms with van der Waals surface area (Å²) in [6.45, 7) is 0. The number of nitrogens with zero attached hydrogens (tertiary/aromatic N) is 2. The SMILES string of the molecule is c1ccc(N(c2ccc(-c3cc4ccccc4c4ccccc34)cc2)c2ccc3c(oc4ccccc43)c2-c2cccc(-n3c4ccccc4c4ccccc43)c2)cc1. The molecule has 12 aromatic rings. The molecule has 0 N–H and O–H groups in total. The van der Waals surface area contributed by atoms with Crippen molar-refractivity contribution in [1.82, 2.24) is 4.57 Å². The Hall–Kier alpha value is -7.88. The quantitative estimate of drug-likeness (QED) is 0.158. The lowest BCUT2D eigenvalue weighted by Crippen LogP contribution is -2.11. The van der Waals surface area contributed by atoms with Crippen LogP contribution in [0.15, 0.2) is 223 Å². The van der Waals surface area contributed by atoms with Crippen molar-refractivity contribution in [3.8, 4) is 27.9 Å². The molecule has 3 heteroatoms. The Morgan fingerprint density at radius 1 is 0.373 bits per heavy atom. The number of hydrogen-bond donors (Lipinski definition) is 0. The summed E-state index contributed by atoms with van der Waals surface area (Å²) in [5, 5.41) is 9.70. The van der Waals surface area contributed by atoms with Gasteiger partial charge in [-0.2, -0.15) is 0 Å². The van der Waals surface area contributed by atoms with E-state index in [0.29, 0.717) is 0 Å². The molecule has 0 atom stereocenters. The van der Waals surface area contributed by atoms with E-state index in [1.54, 1.807) is 0 Å². The topological polar surface area (TPSA) is 21.3 Å². The van der Waals surface area contributed by atoms with Gasteiger partial charge in [0.25, 0.3) is 0 Å². The molecule has 0 fully saturated rings. The van der Waals surface area contributed by atoms with Crippen LogP contribution in [0.2, 0.25) is 0 Å². The van der Waals surface area contributed by atoms with Crippen molar-refractivity contribution in [3.63, 3.8) is 0 Å². The van der Waals surface area contributed by atoms with Crippen LogP contribution in [0.5, 0.6) is 0 Å². The lowest BCUT2D eigenvalue weighted by Gasteiger charge is -2.28. The van der Waals surface area contributed by atoms with Crippen molar-refractivity contribution < 1.29 is 4.42 Å². The molecule has 0 amide bonds. The van der Waals surface area contributed by atoms with Gasteiger partial charge in [0.05, 0.1) is 16.7 Å². The van der Waals surface area contributed by atoms with Crippen LogP contribution >= 0.6 is 0 Å². The van der Waals surface area contributed by atoms with Gasteiger partial charge in [-0.25, -0.2) is 0 Å². The van der Waals surface area contributed by atoms with Crippen LogP contribution in [0.1, 0.15) is 0 Å². The van der Waals surface area contributed by atoms with Crippen molar-refractivity contribution >= 4 is 82.4 Å². The van der Waals surface area contributed by atoms with E-state index < -0.39 is 0 Å². The van der Waals surface area contributed by atoms with E-state index in [0.717, 1.165) is 55.8 Å². The molecule has 0 bridgehead atoms. The molecule has 0 aliphatic carbocycles. The molecule has 3 nitrogen and oxygen atoms in total. The maximum atomic E-state index is 6.89. The smallest absolute Gasteiger partial charge is 0.145 e. The fourth-order valence-electron chi connectivity index (χ4n) is 9.33. The molecule has 276 valence electrons.